The fourth-order valence-corrected chi connectivity index (χ4v) is 5.50. The molecule has 0 spiro atoms. The summed E-state index contributed by atoms with van der Waals surface area (Å²) in [4.78, 5) is 22.5. The van der Waals surface area contributed by atoms with E-state index in [0.717, 1.165) is 49.4 Å². The third-order valence-corrected chi connectivity index (χ3v) is 7.58. The molecule has 184 valence electrons. The lowest BCUT2D eigenvalue weighted by Gasteiger charge is -2.27. The first kappa shape index (κ1) is 23.9. The summed E-state index contributed by atoms with van der Waals surface area (Å²) in [6.45, 7) is 4.59. The molecular formula is C25H26ClN3O5S. The first-order chi connectivity index (χ1) is 17.1. The third-order valence-electron chi connectivity index (χ3n) is 6.04. The van der Waals surface area contributed by atoms with Gasteiger partial charge in [-0.1, -0.05) is 35.1 Å². The number of methoxy groups -OCH3 is 2. The highest BCUT2D eigenvalue weighted by Gasteiger charge is 2.26. The van der Waals surface area contributed by atoms with Gasteiger partial charge in [-0.25, -0.2) is 4.98 Å². The van der Waals surface area contributed by atoms with Crippen molar-refractivity contribution in [2.45, 2.75) is 6.42 Å². The first-order valence-electron chi connectivity index (χ1n) is 11.4. The molecule has 35 heavy (non-hydrogen) atoms. The Bertz CT molecular complexity index is 1350. The van der Waals surface area contributed by atoms with Gasteiger partial charge in [-0.05, 0) is 30.7 Å². The van der Waals surface area contributed by atoms with Crippen LogP contribution in [0.25, 0.3) is 21.2 Å². The summed E-state index contributed by atoms with van der Waals surface area (Å²) >= 11 is 7.82. The average Bonchev–Trinajstić information content (AvgIpc) is 3.53. The van der Waals surface area contributed by atoms with Crippen LogP contribution in [0, 0.1) is 0 Å². The molecule has 1 aliphatic heterocycles. The number of furan rings is 1. The van der Waals surface area contributed by atoms with Crippen molar-refractivity contribution in [3.63, 3.8) is 0 Å². The van der Waals surface area contributed by atoms with Gasteiger partial charge in [0.15, 0.2) is 22.2 Å². The Hall–Kier alpha value is -2.85. The summed E-state index contributed by atoms with van der Waals surface area (Å²) in [5.74, 6) is 1.16. The highest BCUT2D eigenvalue weighted by molar-refractivity contribution is 7.23. The van der Waals surface area contributed by atoms with Gasteiger partial charge in [0.1, 0.15) is 11.3 Å². The summed E-state index contributed by atoms with van der Waals surface area (Å²) in [6.07, 6.45) is 0.774. The van der Waals surface area contributed by atoms with Crippen LogP contribution in [0.15, 0.2) is 40.8 Å². The molecule has 0 radical (unpaired) electrons. The van der Waals surface area contributed by atoms with Gasteiger partial charge in [-0.15, -0.1) is 0 Å². The van der Waals surface area contributed by atoms with Crippen molar-refractivity contribution in [1.82, 2.24) is 9.88 Å². The van der Waals surface area contributed by atoms with Crippen molar-refractivity contribution >= 4 is 55.2 Å². The zero-order chi connectivity index (χ0) is 24.4. The summed E-state index contributed by atoms with van der Waals surface area (Å²) in [5, 5.41) is 1.92. The van der Waals surface area contributed by atoms with Gasteiger partial charge in [0.05, 0.1) is 37.2 Å². The van der Waals surface area contributed by atoms with Crippen LogP contribution in [0.1, 0.15) is 17.0 Å². The topological polar surface area (TPSA) is 77.3 Å². The maximum absolute atomic E-state index is 13.8. The number of para-hydroxylation sites is 1. The van der Waals surface area contributed by atoms with E-state index >= 15 is 0 Å². The van der Waals surface area contributed by atoms with Gasteiger partial charge < -0.3 is 18.6 Å². The Kier molecular flexibility index (Phi) is 7.10. The number of halogens is 1. The molecule has 1 aliphatic rings. The third kappa shape index (κ3) is 4.81. The number of ether oxygens (including phenoxy) is 3. The van der Waals surface area contributed by atoms with E-state index < -0.39 is 0 Å². The van der Waals surface area contributed by atoms with Crippen molar-refractivity contribution in [2.75, 3.05) is 58.5 Å². The van der Waals surface area contributed by atoms with Crippen molar-refractivity contribution in [2.24, 2.45) is 0 Å². The number of aromatic nitrogens is 1. The summed E-state index contributed by atoms with van der Waals surface area (Å²) < 4.78 is 23.1. The molecule has 0 atom stereocenters. The zero-order valence-electron chi connectivity index (χ0n) is 19.6. The maximum Gasteiger partial charge on any atom is 0.295 e. The Morgan fingerprint density at radius 2 is 1.97 bits per heavy atom. The van der Waals surface area contributed by atoms with Gasteiger partial charge in [0.25, 0.3) is 5.91 Å². The molecule has 10 heteroatoms. The Balaban J connectivity index is 1.49. The van der Waals surface area contributed by atoms with Crippen molar-refractivity contribution < 1.29 is 23.4 Å². The van der Waals surface area contributed by atoms with E-state index in [-0.39, 0.29) is 11.7 Å². The lowest BCUT2D eigenvalue weighted by molar-refractivity contribution is 0.0376. The summed E-state index contributed by atoms with van der Waals surface area (Å²) in [5.41, 5.74) is 1.18. The molecule has 1 fully saturated rings. The van der Waals surface area contributed by atoms with Crippen molar-refractivity contribution in [1.29, 1.82) is 0 Å². The van der Waals surface area contributed by atoms with Crippen LogP contribution in [0.2, 0.25) is 5.02 Å². The van der Waals surface area contributed by atoms with E-state index in [0.29, 0.717) is 39.3 Å². The monoisotopic (exact) mass is 515 g/mol. The van der Waals surface area contributed by atoms with Crippen LogP contribution >= 0.6 is 22.9 Å². The largest absolute Gasteiger partial charge is 0.494 e. The number of amides is 1. The lowest BCUT2D eigenvalue weighted by Crippen LogP contribution is -2.39. The molecule has 0 saturated carbocycles. The lowest BCUT2D eigenvalue weighted by atomic mass is 10.2. The van der Waals surface area contributed by atoms with Crippen LogP contribution in [-0.4, -0.2) is 69.4 Å². The van der Waals surface area contributed by atoms with Crippen LogP contribution in [0.3, 0.4) is 0 Å². The molecule has 0 N–H and O–H groups in total. The number of anilines is 1. The Morgan fingerprint density at radius 3 is 2.74 bits per heavy atom. The van der Waals surface area contributed by atoms with Gasteiger partial charge in [-0.2, -0.15) is 0 Å². The quantitative estimate of drug-likeness (QED) is 0.324. The SMILES string of the molecule is COc1ccc(Cl)c2sc(N(CCCN3CCOCC3)C(=O)c3cc4cccc(OC)c4o3)nc12. The number of fused-ring (bicyclic) bond motifs is 2. The predicted molar refractivity (Wildman–Crippen MR) is 138 cm³/mol. The smallest absolute Gasteiger partial charge is 0.295 e. The normalized spacial score (nSPS) is 14.5. The highest BCUT2D eigenvalue weighted by atomic mass is 35.5. The molecule has 8 nitrogen and oxygen atoms in total. The Morgan fingerprint density at radius 1 is 1.17 bits per heavy atom. The molecule has 1 saturated heterocycles. The van der Waals surface area contributed by atoms with E-state index in [1.807, 2.05) is 18.2 Å². The van der Waals surface area contributed by atoms with Gasteiger partial charge in [0.2, 0.25) is 0 Å². The molecule has 1 amide bonds. The van der Waals surface area contributed by atoms with Gasteiger partial charge >= 0.3 is 0 Å². The number of nitrogens with zero attached hydrogens (tertiary/aromatic N) is 3. The van der Waals surface area contributed by atoms with Crippen LogP contribution in [0.5, 0.6) is 11.5 Å². The molecule has 2 aromatic heterocycles. The number of morpholine rings is 1. The average molecular weight is 516 g/mol. The fourth-order valence-electron chi connectivity index (χ4n) is 4.22. The number of hydrogen-bond acceptors (Lipinski definition) is 8. The molecule has 3 heterocycles. The fraction of sp³-hybridized carbons (Fsp3) is 0.360. The zero-order valence-corrected chi connectivity index (χ0v) is 21.2. The van der Waals surface area contributed by atoms with E-state index in [1.165, 1.54) is 11.3 Å². The number of carbonyl (C=O) groups is 1. The van der Waals surface area contributed by atoms with Crippen molar-refractivity contribution in [3.8, 4) is 11.5 Å². The first-order valence-corrected chi connectivity index (χ1v) is 12.6. The minimum Gasteiger partial charge on any atom is -0.494 e. The Labute approximate surface area is 211 Å². The maximum atomic E-state index is 13.8. The molecular weight excluding hydrogens is 490 g/mol. The number of hydrogen-bond donors (Lipinski definition) is 0. The molecule has 2 aromatic carbocycles. The molecule has 5 rings (SSSR count). The predicted octanol–water partition coefficient (Wildman–Crippen LogP) is 5.08. The van der Waals surface area contributed by atoms with E-state index in [9.17, 15) is 4.79 Å². The minimum absolute atomic E-state index is 0.230. The van der Waals surface area contributed by atoms with E-state index in [1.54, 1.807) is 37.3 Å². The number of rotatable bonds is 8. The number of benzene rings is 2. The molecule has 4 aromatic rings. The van der Waals surface area contributed by atoms with Gasteiger partial charge in [-0.3, -0.25) is 14.6 Å². The molecule has 0 bridgehead atoms. The van der Waals surface area contributed by atoms with E-state index in [4.69, 9.17) is 35.2 Å². The summed E-state index contributed by atoms with van der Waals surface area (Å²) in [6, 6.07) is 10.9. The number of carbonyl (C=O) groups excluding carboxylic acids is 1. The highest BCUT2D eigenvalue weighted by Crippen LogP contribution is 2.39. The minimum atomic E-state index is -0.264. The molecule has 0 unspecified atom stereocenters. The van der Waals surface area contributed by atoms with E-state index in [2.05, 4.69) is 4.90 Å². The molecule has 0 aliphatic carbocycles. The second kappa shape index (κ2) is 10.4. The number of thiazole rings is 1. The van der Waals surface area contributed by atoms with Crippen LogP contribution < -0.4 is 14.4 Å². The van der Waals surface area contributed by atoms with Crippen LogP contribution in [-0.2, 0) is 4.74 Å². The standard InChI is InChI=1S/C25H26ClN3O5S/c1-31-18-8-7-17(26)23-21(18)27-25(35-23)29(10-4-9-28-11-13-33-14-12-28)24(30)20-15-16-5-3-6-19(32-2)22(16)34-20/h3,5-8,15H,4,9-14H2,1-2H3. The second-order valence-electron chi connectivity index (χ2n) is 8.18. The van der Waals surface area contributed by atoms with Crippen LogP contribution in [0.4, 0.5) is 5.13 Å². The second-order valence-corrected chi connectivity index (χ2v) is 9.56. The summed E-state index contributed by atoms with van der Waals surface area (Å²) in [7, 11) is 3.17. The van der Waals surface area contributed by atoms with Crippen molar-refractivity contribution in [3.05, 3.63) is 47.2 Å². The van der Waals surface area contributed by atoms with Gasteiger partial charge in [0, 0.05) is 31.6 Å².